The largest absolute Gasteiger partial charge is 0.497 e. The van der Waals surface area contributed by atoms with E-state index in [1.165, 1.54) is 11.8 Å². The molecular formula is C12H12N6O2. The molecule has 0 fully saturated rings. The molecule has 0 radical (unpaired) electrons. The van der Waals surface area contributed by atoms with Gasteiger partial charge in [-0.05, 0) is 23.4 Å². The second-order valence-electron chi connectivity index (χ2n) is 3.94. The van der Waals surface area contributed by atoms with E-state index in [1.54, 1.807) is 31.2 Å². The third-order valence-corrected chi connectivity index (χ3v) is 2.52. The van der Waals surface area contributed by atoms with E-state index in [2.05, 4.69) is 20.8 Å². The number of tetrazole rings is 1. The van der Waals surface area contributed by atoms with Gasteiger partial charge in [0.25, 0.3) is 0 Å². The van der Waals surface area contributed by atoms with E-state index < -0.39 is 0 Å². The molecule has 8 nitrogen and oxygen atoms in total. The van der Waals surface area contributed by atoms with Crippen LogP contribution in [0, 0.1) is 18.3 Å². The van der Waals surface area contributed by atoms with E-state index in [0.717, 1.165) is 0 Å². The van der Waals surface area contributed by atoms with Crippen molar-refractivity contribution in [1.29, 1.82) is 5.26 Å². The van der Waals surface area contributed by atoms with Gasteiger partial charge in [0.1, 0.15) is 12.2 Å². The van der Waals surface area contributed by atoms with Crippen molar-refractivity contribution >= 4 is 11.6 Å². The summed E-state index contributed by atoms with van der Waals surface area (Å²) in [5, 5.41) is 22.3. The number of ether oxygens (including phenoxy) is 1. The summed E-state index contributed by atoms with van der Waals surface area (Å²) in [4.78, 5) is 11.5. The van der Waals surface area contributed by atoms with Gasteiger partial charge in [0.15, 0.2) is 5.82 Å². The van der Waals surface area contributed by atoms with Gasteiger partial charge in [0.05, 0.1) is 18.9 Å². The number of anilines is 1. The molecule has 8 heteroatoms. The number of aryl methyl sites for hydroxylation is 1. The molecule has 20 heavy (non-hydrogen) atoms. The van der Waals surface area contributed by atoms with E-state index in [9.17, 15) is 4.79 Å². The molecule has 1 aromatic carbocycles. The van der Waals surface area contributed by atoms with E-state index in [4.69, 9.17) is 10.00 Å². The van der Waals surface area contributed by atoms with E-state index in [1.807, 2.05) is 0 Å². The maximum Gasteiger partial charge on any atom is 0.238 e. The Morgan fingerprint density at radius 2 is 2.30 bits per heavy atom. The average molecular weight is 272 g/mol. The Kier molecular flexibility index (Phi) is 3.91. The van der Waals surface area contributed by atoms with Crippen LogP contribution in [0.2, 0.25) is 0 Å². The third-order valence-electron chi connectivity index (χ3n) is 2.52. The first-order valence-electron chi connectivity index (χ1n) is 5.75. The van der Waals surface area contributed by atoms with Crippen LogP contribution in [0.15, 0.2) is 18.2 Å². The number of hydrogen-bond donors (Lipinski definition) is 1. The van der Waals surface area contributed by atoms with Gasteiger partial charge in [-0.15, -0.1) is 5.10 Å². The minimum atomic E-state index is -0.389. The lowest BCUT2D eigenvalue weighted by Gasteiger charge is -2.09. The molecular weight excluding hydrogens is 260 g/mol. The first-order chi connectivity index (χ1) is 9.63. The van der Waals surface area contributed by atoms with Crippen LogP contribution in [0.1, 0.15) is 12.2 Å². The molecule has 2 aromatic rings. The summed E-state index contributed by atoms with van der Waals surface area (Å²) in [5.74, 6) is 0.761. The van der Waals surface area contributed by atoms with Crippen molar-refractivity contribution in [2.24, 2.45) is 0 Å². The normalized spacial score (nSPS) is 9.85. The van der Waals surface area contributed by atoms with Gasteiger partial charge >= 0.3 is 0 Å². The summed E-state index contributed by atoms with van der Waals surface area (Å²) in [6.45, 7) is 1.76. The number of rotatable bonds is 4. The number of benzene rings is 1. The minimum Gasteiger partial charge on any atom is -0.497 e. The summed E-state index contributed by atoms with van der Waals surface area (Å²) in [7, 11) is 1.52. The average Bonchev–Trinajstić information content (AvgIpc) is 2.84. The maximum atomic E-state index is 11.5. The van der Waals surface area contributed by atoms with Crippen LogP contribution in [0.25, 0.3) is 5.69 Å². The number of amides is 1. The van der Waals surface area contributed by atoms with Crippen molar-refractivity contribution in [3.63, 3.8) is 0 Å². The lowest BCUT2D eigenvalue weighted by Crippen LogP contribution is -2.11. The smallest absolute Gasteiger partial charge is 0.238 e. The highest BCUT2D eigenvalue weighted by molar-refractivity contribution is 5.92. The number of nitrogens with one attached hydrogen (secondary N) is 1. The van der Waals surface area contributed by atoms with Crippen molar-refractivity contribution in [1.82, 2.24) is 20.2 Å². The Balaban J connectivity index is 2.37. The molecule has 0 spiro atoms. The SMILES string of the molecule is COc1cc(NC(=O)CC#N)cc(-n2nnnc2C)c1. The Labute approximate surface area is 115 Å². The highest BCUT2D eigenvalue weighted by Gasteiger charge is 2.09. The number of nitriles is 1. The quantitative estimate of drug-likeness (QED) is 0.883. The predicted octanol–water partition coefficient (Wildman–Crippen LogP) is 0.831. The molecule has 0 unspecified atom stereocenters. The Morgan fingerprint density at radius 1 is 1.50 bits per heavy atom. The first kappa shape index (κ1) is 13.5. The van der Waals surface area contributed by atoms with Crippen LogP contribution < -0.4 is 10.1 Å². The predicted molar refractivity (Wildman–Crippen MR) is 69.3 cm³/mol. The van der Waals surface area contributed by atoms with Gasteiger partial charge in [0.2, 0.25) is 5.91 Å². The van der Waals surface area contributed by atoms with E-state index in [-0.39, 0.29) is 12.3 Å². The molecule has 1 aromatic heterocycles. The second-order valence-corrected chi connectivity index (χ2v) is 3.94. The molecule has 0 saturated carbocycles. The molecule has 0 saturated heterocycles. The summed E-state index contributed by atoms with van der Waals surface area (Å²) >= 11 is 0. The minimum absolute atomic E-state index is 0.212. The van der Waals surface area contributed by atoms with Crippen LogP contribution in [0.3, 0.4) is 0 Å². The van der Waals surface area contributed by atoms with Crippen LogP contribution in [-0.4, -0.2) is 33.2 Å². The lowest BCUT2D eigenvalue weighted by atomic mass is 10.2. The number of carbonyl (C=O) groups excluding carboxylic acids is 1. The summed E-state index contributed by atoms with van der Waals surface area (Å²) in [6, 6.07) is 6.87. The van der Waals surface area contributed by atoms with Crippen molar-refractivity contribution < 1.29 is 9.53 Å². The number of methoxy groups -OCH3 is 1. The highest BCUT2D eigenvalue weighted by atomic mass is 16.5. The van der Waals surface area contributed by atoms with Crippen LogP contribution in [0.5, 0.6) is 5.75 Å². The topological polar surface area (TPSA) is 106 Å². The van der Waals surface area contributed by atoms with Gasteiger partial charge in [-0.1, -0.05) is 0 Å². The number of aromatic nitrogens is 4. The number of hydrogen-bond acceptors (Lipinski definition) is 6. The molecule has 1 amide bonds. The first-order valence-corrected chi connectivity index (χ1v) is 5.75. The molecule has 0 aliphatic heterocycles. The standard InChI is InChI=1S/C12H12N6O2/c1-8-15-16-17-18(8)10-5-9(6-11(7-10)20-2)14-12(19)3-4-13/h5-7H,3H2,1-2H3,(H,14,19). The van der Waals surface area contributed by atoms with Gasteiger partial charge in [-0.2, -0.15) is 9.94 Å². The number of carbonyl (C=O) groups is 1. The molecule has 0 atom stereocenters. The van der Waals surface area contributed by atoms with Crippen molar-refractivity contribution in [2.45, 2.75) is 13.3 Å². The Hall–Kier alpha value is -2.95. The molecule has 1 N–H and O–H groups in total. The molecule has 0 aliphatic carbocycles. The van der Waals surface area contributed by atoms with Crippen molar-refractivity contribution in [3.8, 4) is 17.5 Å². The van der Waals surface area contributed by atoms with Crippen molar-refractivity contribution in [3.05, 3.63) is 24.0 Å². The zero-order valence-corrected chi connectivity index (χ0v) is 11.0. The fraction of sp³-hybridized carbons (Fsp3) is 0.250. The fourth-order valence-corrected chi connectivity index (χ4v) is 1.64. The van der Waals surface area contributed by atoms with Crippen molar-refractivity contribution in [2.75, 3.05) is 12.4 Å². The van der Waals surface area contributed by atoms with E-state index >= 15 is 0 Å². The van der Waals surface area contributed by atoms with Crippen LogP contribution in [-0.2, 0) is 4.79 Å². The summed E-state index contributed by atoms with van der Waals surface area (Å²) in [6.07, 6.45) is -0.212. The second kappa shape index (κ2) is 5.79. The molecule has 0 bridgehead atoms. The third kappa shape index (κ3) is 2.89. The zero-order valence-electron chi connectivity index (χ0n) is 11.0. The van der Waals surface area contributed by atoms with Gasteiger partial charge in [-0.25, -0.2) is 0 Å². The van der Waals surface area contributed by atoms with Gasteiger partial charge in [-0.3, -0.25) is 4.79 Å². The summed E-state index contributed by atoms with van der Waals surface area (Å²) in [5.41, 5.74) is 1.16. The zero-order chi connectivity index (χ0) is 14.5. The fourth-order valence-electron chi connectivity index (χ4n) is 1.64. The highest BCUT2D eigenvalue weighted by Crippen LogP contribution is 2.23. The van der Waals surface area contributed by atoms with Crippen LogP contribution in [0.4, 0.5) is 5.69 Å². The number of nitrogens with zero attached hydrogens (tertiary/aromatic N) is 5. The Morgan fingerprint density at radius 3 is 2.90 bits per heavy atom. The molecule has 0 aliphatic rings. The Bertz CT molecular complexity index is 673. The maximum absolute atomic E-state index is 11.5. The monoisotopic (exact) mass is 272 g/mol. The molecule has 102 valence electrons. The lowest BCUT2D eigenvalue weighted by molar-refractivity contribution is -0.115. The van der Waals surface area contributed by atoms with Gasteiger partial charge < -0.3 is 10.1 Å². The van der Waals surface area contributed by atoms with Crippen LogP contribution >= 0.6 is 0 Å². The summed E-state index contributed by atoms with van der Waals surface area (Å²) < 4.78 is 6.69. The molecule has 2 rings (SSSR count). The molecule has 1 heterocycles. The van der Waals surface area contributed by atoms with E-state index in [0.29, 0.717) is 22.9 Å². The van der Waals surface area contributed by atoms with Gasteiger partial charge in [0, 0.05) is 17.8 Å².